The summed E-state index contributed by atoms with van der Waals surface area (Å²) < 4.78 is 10.8. The second kappa shape index (κ2) is 8.11. The van der Waals surface area contributed by atoms with E-state index in [1.165, 1.54) is 5.56 Å². The molecular weight excluding hydrogens is 322 g/mol. The van der Waals surface area contributed by atoms with E-state index in [0.29, 0.717) is 19.8 Å². The van der Waals surface area contributed by atoms with Crippen molar-refractivity contribution in [3.63, 3.8) is 0 Å². The summed E-state index contributed by atoms with van der Waals surface area (Å²) in [6, 6.07) is 16.5. The summed E-state index contributed by atoms with van der Waals surface area (Å²) in [4.78, 5) is 14.8. The zero-order valence-corrected chi connectivity index (χ0v) is 14.6. The first-order valence-electron chi connectivity index (χ1n) is 8.10. The highest BCUT2D eigenvalue weighted by Crippen LogP contribution is 2.32. The first-order chi connectivity index (χ1) is 11.8. The van der Waals surface area contributed by atoms with Gasteiger partial charge in [0.1, 0.15) is 5.75 Å². The number of nitrogens with zero attached hydrogens (tertiary/aromatic N) is 1. The molecule has 2 aromatic rings. The topological polar surface area (TPSA) is 38.8 Å². The Morgan fingerprint density at radius 2 is 2.08 bits per heavy atom. The molecule has 0 atom stereocenters. The number of thioether (sulfide) groups is 1. The summed E-state index contributed by atoms with van der Waals surface area (Å²) in [7, 11) is 0. The quantitative estimate of drug-likeness (QED) is 0.583. The predicted molar refractivity (Wildman–Crippen MR) is 96.5 cm³/mol. The summed E-state index contributed by atoms with van der Waals surface area (Å²) >= 11 is 1.67. The van der Waals surface area contributed by atoms with Gasteiger partial charge in [-0.15, -0.1) is 11.8 Å². The van der Waals surface area contributed by atoms with Crippen molar-refractivity contribution in [2.24, 2.45) is 0 Å². The van der Waals surface area contributed by atoms with Crippen LogP contribution in [0.3, 0.4) is 0 Å². The number of para-hydroxylation sites is 1. The van der Waals surface area contributed by atoms with Gasteiger partial charge in [0.15, 0.2) is 6.73 Å². The van der Waals surface area contributed by atoms with Crippen LogP contribution < -0.4 is 9.64 Å². The Kier molecular flexibility index (Phi) is 5.64. The fourth-order valence-electron chi connectivity index (χ4n) is 2.60. The third-order valence-electron chi connectivity index (χ3n) is 3.77. The molecular formula is C19H21NO3S. The largest absolute Gasteiger partial charge is 0.473 e. The minimum Gasteiger partial charge on any atom is -0.473 e. The molecule has 2 aromatic carbocycles. The molecule has 126 valence electrons. The summed E-state index contributed by atoms with van der Waals surface area (Å²) in [5.41, 5.74) is 2.33. The van der Waals surface area contributed by atoms with E-state index >= 15 is 0 Å². The number of benzene rings is 2. The molecule has 0 spiro atoms. The van der Waals surface area contributed by atoms with Crippen molar-refractivity contribution in [3.8, 4) is 5.75 Å². The normalized spacial score (nSPS) is 13.1. The van der Waals surface area contributed by atoms with Crippen molar-refractivity contribution in [1.82, 2.24) is 0 Å². The molecule has 3 rings (SSSR count). The van der Waals surface area contributed by atoms with Gasteiger partial charge in [0, 0.05) is 28.4 Å². The van der Waals surface area contributed by atoms with Crippen LogP contribution in [0.15, 0.2) is 53.4 Å². The van der Waals surface area contributed by atoms with Crippen molar-refractivity contribution >= 4 is 23.4 Å². The van der Waals surface area contributed by atoms with E-state index in [2.05, 4.69) is 23.1 Å². The van der Waals surface area contributed by atoms with Crippen LogP contribution in [0.2, 0.25) is 0 Å². The van der Waals surface area contributed by atoms with Crippen molar-refractivity contribution in [1.29, 1.82) is 0 Å². The van der Waals surface area contributed by atoms with Gasteiger partial charge >= 0.3 is 5.97 Å². The molecule has 0 aromatic heterocycles. The molecule has 1 heterocycles. The van der Waals surface area contributed by atoms with Gasteiger partial charge in [-0.1, -0.05) is 18.2 Å². The van der Waals surface area contributed by atoms with Gasteiger partial charge < -0.3 is 14.4 Å². The Hall–Kier alpha value is -2.14. The molecule has 0 fully saturated rings. The Balaban J connectivity index is 1.62. The maximum Gasteiger partial charge on any atom is 0.306 e. The van der Waals surface area contributed by atoms with E-state index in [0.717, 1.165) is 28.6 Å². The molecule has 0 saturated carbocycles. The Bertz CT molecular complexity index is 690. The number of hydrogen-bond acceptors (Lipinski definition) is 5. The van der Waals surface area contributed by atoms with Crippen LogP contribution in [0, 0.1) is 0 Å². The molecule has 0 aliphatic carbocycles. The monoisotopic (exact) mass is 343 g/mol. The number of ether oxygens (including phenoxy) is 2. The minimum absolute atomic E-state index is 0.137. The summed E-state index contributed by atoms with van der Waals surface area (Å²) in [6.45, 7) is 3.65. The van der Waals surface area contributed by atoms with Crippen LogP contribution in [-0.4, -0.2) is 25.1 Å². The van der Waals surface area contributed by atoms with Gasteiger partial charge in [0.05, 0.1) is 13.0 Å². The lowest BCUT2D eigenvalue weighted by molar-refractivity contribution is -0.142. The number of esters is 1. The highest BCUT2D eigenvalue weighted by atomic mass is 32.2. The van der Waals surface area contributed by atoms with Gasteiger partial charge in [0.25, 0.3) is 0 Å². The highest BCUT2D eigenvalue weighted by Gasteiger charge is 2.18. The summed E-state index contributed by atoms with van der Waals surface area (Å²) in [6.07, 6.45) is 0.433. The fourth-order valence-corrected chi connectivity index (χ4v) is 3.49. The standard InChI is InChI=1S/C19H21NO3S/c1-2-22-19(21)10-11-24-17-8-9-18-15(12-17)13-20(14-23-18)16-6-4-3-5-7-16/h3-9,12H,2,10-11,13-14H2,1H3. The lowest BCUT2D eigenvalue weighted by atomic mass is 10.1. The first kappa shape index (κ1) is 16.7. The molecule has 5 heteroatoms. The van der Waals surface area contributed by atoms with Crippen LogP contribution in [0.5, 0.6) is 5.75 Å². The average Bonchev–Trinajstić information content (AvgIpc) is 2.62. The molecule has 0 saturated heterocycles. The van der Waals surface area contributed by atoms with Crippen molar-refractivity contribution < 1.29 is 14.3 Å². The van der Waals surface area contributed by atoms with E-state index in [9.17, 15) is 4.79 Å². The maximum absolute atomic E-state index is 11.4. The zero-order chi connectivity index (χ0) is 16.8. The van der Waals surface area contributed by atoms with E-state index in [1.807, 2.05) is 37.3 Å². The number of hydrogen-bond donors (Lipinski definition) is 0. The molecule has 0 amide bonds. The molecule has 0 bridgehead atoms. The van der Waals surface area contributed by atoms with Crippen LogP contribution in [0.25, 0.3) is 0 Å². The number of anilines is 1. The second-order valence-corrected chi connectivity index (χ2v) is 6.65. The third-order valence-corrected chi connectivity index (χ3v) is 4.77. The predicted octanol–water partition coefficient (Wildman–Crippen LogP) is 4.09. The lowest BCUT2D eigenvalue weighted by Crippen LogP contribution is -2.31. The summed E-state index contributed by atoms with van der Waals surface area (Å²) in [5, 5.41) is 0. The number of carbonyl (C=O) groups is 1. The second-order valence-electron chi connectivity index (χ2n) is 5.48. The SMILES string of the molecule is CCOC(=O)CCSc1ccc2c(c1)CN(c1ccccc1)CO2. The molecule has 1 aliphatic rings. The van der Waals surface area contributed by atoms with Gasteiger partial charge in [0.2, 0.25) is 0 Å². The maximum atomic E-state index is 11.4. The highest BCUT2D eigenvalue weighted by molar-refractivity contribution is 7.99. The van der Waals surface area contributed by atoms with Gasteiger partial charge in [-0.25, -0.2) is 0 Å². The average molecular weight is 343 g/mol. The minimum atomic E-state index is -0.137. The van der Waals surface area contributed by atoms with E-state index in [4.69, 9.17) is 9.47 Å². The fraction of sp³-hybridized carbons (Fsp3) is 0.316. The molecule has 0 N–H and O–H groups in total. The Morgan fingerprint density at radius 3 is 2.88 bits per heavy atom. The van der Waals surface area contributed by atoms with E-state index in [-0.39, 0.29) is 5.97 Å². The summed E-state index contributed by atoms with van der Waals surface area (Å²) in [5.74, 6) is 1.53. The number of carbonyl (C=O) groups excluding carboxylic acids is 1. The third kappa shape index (κ3) is 4.23. The van der Waals surface area contributed by atoms with Crippen molar-refractivity contribution in [2.75, 3.05) is 24.0 Å². The molecule has 1 aliphatic heterocycles. The van der Waals surface area contributed by atoms with E-state index < -0.39 is 0 Å². The first-order valence-corrected chi connectivity index (χ1v) is 9.09. The van der Waals surface area contributed by atoms with Crippen LogP contribution in [-0.2, 0) is 16.1 Å². The molecule has 0 unspecified atom stereocenters. The van der Waals surface area contributed by atoms with Crippen LogP contribution in [0.4, 0.5) is 5.69 Å². The van der Waals surface area contributed by atoms with Gasteiger partial charge in [-0.2, -0.15) is 0 Å². The Labute approximate surface area is 146 Å². The van der Waals surface area contributed by atoms with Crippen LogP contribution >= 0.6 is 11.8 Å². The van der Waals surface area contributed by atoms with E-state index in [1.54, 1.807) is 11.8 Å². The lowest BCUT2D eigenvalue weighted by Gasteiger charge is -2.31. The molecule has 4 nitrogen and oxygen atoms in total. The van der Waals surface area contributed by atoms with Crippen molar-refractivity contribution in [2.45, 2.75) is 24.8 Å². The number of fused-ring (bicyclic) bond motifs is 1. The van der Waals surface area contributed by atoms with Gasteiger partial charge in [-0.3, -0.25) is 4.79 Å². The molecule has 0 radical (unpaired) electrons. The zero-order valence-electron chi connectivity index (χ0n) is 13.7. The molecule has 24 heavy (non-hydrogen) atoms. The number of rotatable bonds is 6. The van der Waals surface area contributed by atoms with Crippen LogP contribution in [0.1, 0.15) is 18.9 Å². The van der Waals surface area contributed by atoms with Crippen molar-refractivity contribution in [3.05, 3.63) is 54.1 Å². The smallest absolute Gasteiger partial charge is 0.306 e. The van der Waals surface area contributed by atoms with Gasteiger partial charge in [-0.05, 0) is 37.3 Å². The Morgan fingerprint density at radius 1 is 1.25 bits per heavy atom.